The normalized spacial score (nSPS) is 12.0. The van der Waals surface area contributed by atoms with E-state index in [1.54, 1.807) is 11.8 Å². The Balaban J connectivity index is 1.96. The summed E-state index contributed by atoms with van der Waals surface area (Å²) in [6.45, 7) is 7.92. The Morgan fingerprint density at radius 1 is 1.09 bits per heavy atom. The lowest BCUT2D eigenvalue weighted by molar-refractivity contribution is -0.115. The molecule has 0 bridgehead atoms. The Kier molecular flexibility index (Phi) is 6.11. The highest BCUT2D eigenvalue weighted by atomic mass is 32.2. The van der Waals surface area contributed by atoms with E-state index in [0.717, 1.165) is 16.3 Å². The molecule has 1 N–H and O–H groups in total. The van der Waals surface area contributed by atoms with Gasteiger partial charge in [-0.3, -0.25) is 4.79 Å². The molecule has 0 radical (unpaired) electrons. The Morgan fingerprint density at radius 3 is 2.43 bits per heavy atom. The minimum absolute atomic E-state index is 0.0164. The molecule has 23 heavy (non-hydrogen) atoms. The number of ether oxygens (including phenoxy) is 1. The summed E-state index contributed by atoms with van der Waals surface area (Å²) in [5, 5.41) is 2.77. The molecular formula is C19H23NO2S. The molecule has 0 unspecified atom stereocenters. The van der Waals surface area contributed by atoms with Crippen LogP contribution < -0.4 is 10.1 Å². The second kappa shape index (κ2) is 8.06. The molecule has 2 rings (SSSR count). The van der Waals surface area contributed by atoms with Crippen LogP contribution in [0.5, 0.6) is 5.75 Å². The summed E-state index contributed by atoms with van der Waals surface area (Å²) in [6, 6.07) is 15.7. The fourth-order valence-corrected chi connectivity index (χ4v) is 2.91. The van der Waals surface area contributed by atoms with Crippen molar-refractivity contribution in [1.29, 1.82) is 0 Å². The van der Waals surface area contributed by atoms with E-state index in [9.17, 15) is 4.79 Å². The second-order valence-electron chi connectivity index (χ2n) is 5.76. The monoisotopic (exact) mass is 329 g/mol. The number of carbonyl (C=O) groups excluding carboxylic acids is 1. The number of thioether (sulfide) groups is 1. The van der Waals surface area contributed by atoms with E-state index in [4.69, 9.17) is 4.74 Å². The van der Waals surface area contributed by atoms with Crippen molar-refractivity contribution in [2.45, 2.75) is 43.9 Å². The summed E-state index contributed by atoms with van der Waals surface area (Å²) < 4.78 is 5.65. The summed E-state index contributed by atoms with van der Waals surface area (Å²) in [7, 11) is 0. The van der Waals surface area contributed by atoms with Crippen LogP contribution in [0.4, 0.5) is 5.69 Å². The minimum atomic E-state index is -0.174. The summed E-state index contributed by atoms with van der Waals surface area (Å²) in [4.78, 5) is 13.4. The van der Waals surface area contributed by atoms with Gasteiger partial charge in [0.15, 0.2) is 0 Å². The lowest BCUT2D eigenvalue weighted by Gasteiger charge is -2.14. The molecule has 2 aromatic rings. The molecule has 1 atom stereocenters. The maximum atomic E-state index is 12.3. The van der Waals surface area contributed by atoms with Gasteiger partial charge in [-0.1, -0.05) is 23.8 Å². The molecule has 2 aromatic carbocycles. The first-order chi connectivity index (χ1) is 10.9. The predicted molar refractivity (Wildman–Crippen MR) is 97.3 cm³/mol. The van der Waals surface area contributed by atoms with Gasteiger partial charge in [0.25, 0.3) is 0 Å². The van der Waals surface area contributed by atoms with E-state index in [-0.39, 0.29) is 17.3 Å². The van der Waals surface area contributed by atoms with Crippen molar-refractivity contribution < 1.29 is 9.53 Å². The van der Waals surface area contributed by atoms with Gasteiger partial charge in [-0.05, 0) is 52.0 Å². The molecule has 4 heteroatoms. The molecule has 0 heterocycles. The van der Waals surface area contributed by atoms with Gasteiger partial charge in [-0.25, -0.2) is 0 Å². The van der Waals surface area contributed by atoms with Crippen LogP contribution >= 0.6 is 11.8 Å². The van der Waals surface area contributed by atoms with Crippen molar-refractivity contribution in [2.24, 2.45) is 0 Å². The summed E-state index contributed by atoms with van der Waals surface area (Å²) in [6.07, 6.45) is 0.108. The molecule has 0 spiro atoms. The largest absolute Gasteiger partial charge is 0.491 e. The highest BCUT2D eigenvalue weighted by molar-refractivity contribution is 8.00. The van der Waals surface area contributed by atoms with Gasteiger partial charge in [0, 0.05) is 16.6 Å². The average Bonchev–Trinajstić information content (AvgIpc) is 2.49. The highest BCUT2D eigenvalue weighted by Gasteiger charge is 2.14. The number of carbonyl (C=O) groups is 1. The zero-order chi connectivity index (χ0) is 16.8. The van der Waals surface area contributed by atoms with Crippen molar-refractivity contribution in [3.8, 4) is 5.75 Å². The van der Waals surface area contributed by atoms with Gasteiger partial charge >= 0.3 is 0 Å². The van der Waals surface area contributed by atoms with Crippen molar-refractivity contribution in [2.75, 3.05) is 5.32 Å². The van der Waals surface area contributed by atoms with Gasteiger partial charge in [0.1, 0.15) is 5.75 Å². The van der Waals surface area contributed by atoms with Crippen LogP contribution in [0, 0.1) is 6.92 Å². The van der Waals surface area contributed by atoms with E-state index in [1.165, 1.54) is 5.56 Å². The number of benzene rings is 2. The molecule has 0 aliphatic heterocycles. The average molecular weight is 329 g/mol. The molecule has 0 aliphatic rings. The van der Waals surface area contributed by atoms with Gasteiger partial charge in [-0.15, -0.1) is 11.8 Å². The summed E-state index contributed by atoms with van der Waals surface area (Å²) in [5.74, 6) is 0.744. The van der Waals surface area contributed by atoms with Crippen LogP contribution in [0.3, 0.4) is 0 Å². The van der Waals surface area contributed by atoms with Crippen LogP contribution in [0.25, 0.3) is 0 Å². The first-order valence-electron chi connectivity index (χ1n) is 7.75. The topological polar surface area (TPSA) is 38.3 Å². The maximum Gasteiger partial charge on any atom is 0.237 e. The molecule has 122 valence electrons. The van der Waals surface area contributed by atoms with E-state index in [2.05, 4.69) is 24.4 Å². The molecule has 0 saturated carbocycles. The van der Waals surface area contributed by atoms with Crippen LogP contribution in [0.15, 0.2) is 53.4 Å². The molecule has 0 saturated heterocycles. The molecular weight excluding hydrogens is 306 g/mol. The smallest absolute Gasteiger partial charge is 0.237 e. The fraction of sp³-hybridized carbons (Fsp3) is 0.316. The highest BCUT2D eigenvalue weighted by Crippen LogP contribution is 2.25. The third kappa shape index (κ3) is 5.64. The molecule has 3 nitrogen and oxygen atoms in total. The van der Waals surface area contributed by atoms with Crippen molar-refractivity contribution in [3.63, 3.8) is 0 Å². The number of nitrogens with one attached hydrogen (secondary N) is 1. The lowest BCUT2D eigenvalue weighted by Crippen LogP contribution is -2.22. The van der Waals surface area contributed by atoms with Crippen molar-refractivity contribution >= 4 is 23.4 Å². The Morgan fingerprint density at radius 2 is 1.78 bits per heavy atom. The third-order valence-corrected chi connectivity index (χ3v) is 4.29. The number of hydrogen-bond donors (Lipinski definition) is 1. The molecule has 0 aromatic heterocycles. The molecule has 0 aliphatic carbocycles. The number of rotatable bonds is 6. The number of hydrogen-bond acceptors (Lipinski definition) is 3. The van der Waals surface area contributed by atoms with Crippen LogP contribution in [-0.2, 0) is 4.79 Å². The van der Waals surface area contributed by atoms with Gasteiger partial charge in [0.05, 0.1) is 11.4 Å². The zero-order valence-corrected chi connectivity index (χ0v) is 14.8. The van der Waals surface area contributed by atoms with E-state index >= 15 is 0 Å². The number of amides is 1. The number of aryl methyl sites for hydroxylation is 1. The Bertz CT molecular complexity index is 653. The molecule has 1 amide bonds. The number of anilines is 1. The third-order valence-electron chi connectivity index (χ3n) is 3.18. The van der Waals surface area contributed by atoms with Crippen LogP contribution in [-0.4, -0.2) is 17.3 Å². The fourth-order valence-electron chi connectivity index (χ4n) is 2.04. The van der Waals surface area contributed by atoms with Gasteiger partial charge in [0.2, 0.25) is 5.91 Å². The predicted octanol–water partition coefficient (Wildman–Crippen LogP) is 4.90. The van der Waals surface area contributed by atoms with Crippen molar-refractivity contribution in [3.05, 3.63) is 54.1 Å². The van der Waals surface area contributed by atoms with E-state index < -0.39 is 0 Å². The Labute approximate surface area is 142 Å². The lowest BCUT2D eigenvalue weighted by atomic mass is 10.2. The second-order valence-corrected chi connectivity index (χ2v) is 7.17. The van der Waals surface area contributed by atoms with Gasteiger partial charge in [-0.2, -0.15) is 0 Å². The van der Waals surface area contributed by atoms with Gasteiger partial charge < -0.3 is 10.1 Å². The summed E-state index contributed by atoms with van der Waals surface area (Å²) in [5.41, 5.74) is 1.97. The minimum Gasteiger partial charge on any atom is -0.491 e. The quantitative estimate of drug-likeness (QED) is 0.766. The maximum absolute atomic E-state index is 12.3. The SMILES string of the molecule is Cc1ccc(S[C@H](C)C(=O)Nc2cccc(OC(C)C)c2)cc1. The van der Waals surface area contributed by atoms with E-state index in [0.29, 0.717) is 0 Å². The first kappa shape index (κ1) is 17.4. The summed E-state index contributed by atoms with van der Waals surface area (Å²) >= 11 is 1.55. The first-order valence-corrected chi connectivity index (χ1v) is 8.63. The van der Waals surface area contributed by atoms with Crippen LogP contribution in [0.2, 0.25) is 0 Å². The standard InChI is InChI=1S/C19H23NO2S/c1-13(2)22-17-7-5-6-16(12-17)20-19(21)15(4)23-18-10-8-14(3)9-11-18/h5-13,15H,1-4H3,(H,20,21)/t15-/m1/s1. The zero-order valence-electron chi connectivity index (χ0n) is 14.0. The molecule has 0 fully saturated rings. The van der Waals surface area contributed by atoms with Crippen molar-refractivity contribution in [1.82, 2.24) is 0 Å². The Hall–Kier alpha value is -1.94. The van der Waals surface area contributed by atoms with E-state index in [1.807, 2.05) is 57.2 Å². The van der Waals surface area contributed by atoms with Crippen LogP contribution in [0.1, 0.15) is 26.3 Å².